The van der Waals surface area contributed by atoms with Crippen LogP contribution < -0.4 is 10.1 Å². The average Bonchev–Trinajstić information content (AvgIpc) is 2.53. The number of fused-ring (bicyclic) bond motifs is 1. The number of carbonyl (C=O) groups is 1. The van der Waals surface area contributed by atoms with E-state index >= 15 is 0 Å². The number of ether oxygens (including phenoxy) is 1. The number of benzene rings is 1. The summed E-state index contributed by atoms with van der Waals surface area (Å²) in [7, 11) is 1.54. The smallest absolute Gasteiger partial charge is 0.191 e. The molecule has 0 amide bonds. The highest BCUT2D eigenvalue weighted by Crippen LogP contribution is 2.30. The van der Waals surface area contributed by atoms with Gasteiger partial charge in [0.05, 0.1) is 18.9 Å². The van der Waals surface area contributed by atoms with Gasteiger partial charge in [-0.2, -0.15) is 0 Å². The van der Waals surface area contributed by atoms with Crippen LogP contribution in [0.15, 0.2) is 48.8 Å². The lowest BCUT2D eigenvalue weighted by Gasteiger charge is -2.35. The number of carbonyl (C=O) groups excluding carboxylic acids is 1. The normalized spacial score (nSPS) is 17.3. The summed E-state index contributed by atoms with van der Waals surface area (Å²) < 4.78 is 5.23. The number of methoxy groups -OCH3 is 1. The molecule has 1 aliphatic heterocycles. The van der Waals surface area contributed by atoms with E-state index in [2.05, 4.69) is 30.2 Å². The van der Waals surface area contributed by atoms with Crippen molar-refractivity contribution in [3.8, 4) is 5.75 Å². The molecule has 118 valence electrons. The van der Waals surface area contributed by atoms with Gasteiger partial charge in [-0.05, 0) is 31.9 Å². The first kappa shape index (κ1) is 15.3. The van der Waals surface area contributed by atoms with E-state index < -0.39 is 0 Å². The van der Waals surface area contributed by atoms with Gasteiger partial charge < -0.3 is 10.1 Å². The van der Waals surface area contributed by atoms with Crippen LogP contribution in [0, 0.1) is 0 Å². The number of nitrogens with zero attached hydrogens (tertiary/aromatic N) is 1. The SMILES string of the molecule is COc1cnccc1C(=O)/C=C1/NC(C)(C)Cc2ccccc21. The van der Waals surface area contributed by atoms with E-state index in [1.54, 1.807) is 24.5 Å². The summed E-state index contributed by atoms with van der Waals surface area (Å²) in [5, 5.41) is 3.47. The summed E-state index contributed by atoms with van der Waals surface area (Å²) in [5.41, 5.74) is 3.59. The molecule has 4 nitrogen and oxygen atoms in total. The minimum absolute atomic E-state index is 0.0944. The van der Waals surface area contributed by atoms with E-state index in [9.17, 15) is 4.79 Å². The highest BCUT2D eigenvalue weighted by Gasteiger charge is 2.27. The Bertz CT molecular complexity index is 778. The molecule has 0 atom stereocenters. The zero-order valence-electron chi connectivity index (χ0n) is 13.6. The van der Waals surface area contributed by atoms with Gasteiger partial charge in [0.2, 0.25) is 0 Å². The molecule has 1 N–H and O–H groups in total. The van der Waals surface area contributed by atoms with Crippen LogP contribution in [-0.4, -0.2) is 23.4 Å². The summed E-state index contributed by atoms with van der Waals surface area (Å²) in [6, 6.07) is 9.86. The molecular weight excluding hydrogens is 288 g/mol. The molecule has 1 aliphatic rings. The molecule has 0 radical (unpaired) electrons. The van der Waals surface area contributed by atoms with E-state index in [0.717, 1.165) is 17.7 Å². The van der Waals surface area contributed by atoms with E-state index in [1.807, 2.05) is 18.2 Å². The maximum Gasteiger partial charge on any atom is 0.191 e. The first-order valence-corrected chi connectivity index (χ1v) is 7.61. The predicted molar refractivity (Wildman–Crippen MR) is 90.5 cm³/mol. The van der Waals surface area contributed by atoms with Crippen molar-refractivity contribution in [3.63, 3.8) is 0 Å². The van der Waals surface area contributed by atoms with E-state index in [4.69, 9.17) is 4.74 Å². The van der Waals surface area contributed by atoms with Crippen LogP contribution >= 0.6 is 0 Å². The summed E-state index contributed by atoms with van der Waals surface area (Å²) >= 11 is 0. The fourth-order valence-electron chi connectivity index (χ4n) is 2.96. The van der Waals surface area contributed by atoms with Crippen molar-refractivity contribution in [1.29, 1.82) is 0 Å². The molecule has 0 aliphatic carbocycles. The molecule has 1 aromatic heterocycles. The van der Waals surface area contributed by atoms with E-state index in [0.29, 0.717) is 11.3 Å². The average molecular weight is 308 g/mol. The standard InChI is InChI=1S/C19H20N2O2/c1-19(2)11-13-6-4-5-7-14(13)16(21-19)10-17(22)15-8-9-20-12-18(15)23-3/h4-10,12,21H,11H2,1-3H3/b16-10+. The quantitative estimate of drug-likeness (QED) is 0.698. The molecule has 23 heavy (non-hydrogen) atoms. The molecule has 0 saturated heterocycles. The largest absolute Gasteiger partial charge is 0.494 e. The summed E-state index contributed by atoms with van der Waals surface area (Å²) in [6.07, 6.45) is 5.73. The topological polar surface area (TPSA) is 51.2 Å². The number of hydrogen-bond donors (Lipinski definition) is 1. The van der Waals surface area contributed by atoms with Gasteiger partial charge in [0.15, 0.2) is 5.78 Å². The molecule has 0 bridgehead atoms. The van der Waals surface area contributed by atoms with E-state index in [1.165, 1.54) is 12.7 Å². The Labute approximate surface area is 136 Å². The zero-order valence-corrected chi connectivity index (χ0v) is 13.6. The van der Waals surface area contributed by atoms with Crippen LogP contribution in [0.3, 0.4) is 0 Å². The minimum Gasteiger partial charge on any atom is -0.494 e. The highest BCUT2D eigenvalue weighted by atomic mass is 16.5. The van der Waals surface area contributed by atoms with Gasteiger partial charge in [-0.1, -0.05) is 24.3 Å². The van der Waals surface area contributed by atoms with Crippen LogP contribution in [0.5, 0.6) is 5.75 Å². The second-order valence-corrected chi connectivity index (χ2v) is 6.34. The number of aromatic nitrogens is 1. The molecular formula is C19H20N2O2. The molecule has 2 aromatic rings. The van der Waals surface area contributed by atoms with Crippen molar-refractivity contribution in [3.05, 3.63) is 65.5 Å². The Balaban J connectivity index is 2.03. The zero-order chi connectivity index (χ0) is 16.4. The van der Waals surface area contributed by atoms with Crippen LogP contribution in [0.4, 0.5) is 0 Å². The summed E-state index contributed by atoms with van der Waals surface area (Å²) in [5.74, 6) is 0.386. The monoisotopic (exact) mass is 308 g/mol. The molecule has 4 heteroatoms. The van der Waals surface area contributed by atoms with Gasteiger partial charge in [-0.3, -0.25) is 9.78 Å². The molecule has 2 heterocycles. The van der Waals surface area contributed by atoms with Crippen molar-refractivity contribution in [2.45, 2.75) is 25.8 Å². The van der Waals surface area contributed by atoms with Crippen LogP contribution in [0.1, 0.15) is 35.3 Å². The van der Waals surface area contributed by atoms with Gasteiger partial charge in [0, 0.05) is 29.1 Å². The van der Waals surface area contributed by atoms with Crippen molar-refractivity contribution in [1.82, 2.24) is 10.3 Å². The Morgan fingerprint density at radius 1 is 1.30 bits per heavy atom. The lowest BCUT2D eigenvalue weighted by Crippen LogP contribution is -2.43. The predicted octanol–water partition coefficient (Wildman–Crippen LogP) is 3.24. The fourth-order valence-corrected chi connectivity index (χ4v) is 2.96. The number of ketones is 1. The number of allylic oxidation sites excluding steroid dienone is 1. The molecule has 3 rings (SSSR count). The third-order valence-corrected chi connectivity index (χ3v) is 3.96. The first-order chi connectivity index (χ1) is 11.0. The second kappa shape index (κ2) is 5.88. The van der Waals surface area contributed by atoms with Crippen LogP contribution in [-0.2, 0) is 6.42 Å². The first-order valence-electron chi connectivity index (χ1n) is 7.61. The lowest BCUT2D eigenvalue weighted by molar-refractivity contribution is 0.104. The van der Waals surface area contributed by atoms with Gasteiger partial charge in [-0.15, -0.1) is 0 Å². The minimum atomic E-state index is -0.0979. The van der Waals surface area contributed by atoms with Crippen molar-refractivity contribution >= 4 is 11.5 Å². The Kier molecular flexibility index (Phi) is 3.90. The Morgan fingerprint density at radius 2 is 2.09 bits per heavy atom. The number of rotatable bonds is 3. The molecule has 0 saturated carbocycles. The molecule has 0 unspecified atom stereocenters. The van der Waals surface area contributed by atoms with Gasteiger partial charge in [0.1, 0.15) is 5.75 Å². The Hall–Kier alpha value is -2.62. The van der Waals surface area contributed by atoms with Crippen LogP contribution in [0.2, 0.25) is 0 Å². The number of nitrogens with one attached hydrogen (secondary N) is 1. The maximum absolute atomic E-state index is 12.7. The highest BCUT2D eigenvalue weighted by molar-refractivity contribution is 6.10. The molecule has 1 aromatic carbocycles. The van der Waals surface area contributed by atoms with Crippen molar-refractivity contribution < 1.29 is 9.53 Å². The second-order valence-electron chi connectivity index (χ2n) is 6.34. The van der Waals surface area contributed by atoms with Crippen molar-refractivity contribution in [2.75, 3.05) is 7.11 Å². The van der Waals surface area contributed by atoms with Crippen LogP contribution in [0.25, 0.3) is 5.70 Å². The van der Waals surface area contributed by atoms with Gasteiger partial charge in [0.25, 0.3) is 0 Å². The van der Waals surface area contributed by atoms with Gasteiger partial charge in [-0.25, -0.2) is 0 Å². The molecule has 0 fully saturated rings. The lowest BCUT2D eigenvalue weighted by atomic mass is 9.85. The third kappa shape index (κ3) is 3.11. The summed E-state index contributed by atoms with van der Waals surface area (Å²) in [6.45, 7) is 4.27. The fraction of sp³-hybridized carbons (Fsp3) is 0.263. The third-order valence-electron chi connectivity index (χ3n) is 3.96. The van der Waals surface area contributed by atoms with E-state index in [-0.39, 0.29) is 11.3 Å². The maximum atomic E-state index is 12.7. The molecule has 0 spiro atoms. The number of hydrogen-bond acceptors (Lipinski definition) is 4. The van der Waals surface area contributed by atoms with Gasteiger partial charge >= 0.3 is 0 Å². The number of pyridine rings is 1. The van der Waals surface area contributed by atoms with Crippen molar-refractivity contribution in [2.24, 2.45) is 0 Å². The summed E-state index contributed by atoms with van der Waals surface area (Å²) in [4.78, 5) is 16.7. The Morgan fingerprint density at radius 3 is 2.87 bits per heavy atom.